The lowest BCUT2D eigenvalue weighted by Crippen LogP contribution is -2.46. The average Bonchev–Trinajstić information content (AvgIpc) is 3.27. The SMILES string of the molecule is C=Nc1c(N)ncnc1N(C)C1OC(COP(=O)(O)OP(=O)(O)OCC(C)(C)C(O)C(=O)NCCC(=O)NCC)C(OP(=O)(O)O)C1O. The van der Waals surface area contributed by atoms with Gasteiger partial charge in [0.1, 0.15) is 36.4 Å². The third-order valence-electron chi connectivity index (χ3n) is 6.50. The highest BCUT2D eigenvalue weighted by atomic mass is 31.3. The number of nitrogens with one attached hydrogen (secondary N) is 2. The van der Waals surface area contributed by atoms with Gasteiger partial charge in [-0.25, -0.2) is 23.7 Å². The van der Waals surface area contributed by atoms with Crippen LogP contribution in [0.2, 0.25) is 0 Å². The number of ether oxygens (including phenoxy) is 1. The Hall–Kier alpha value is -2.46. The molecule has 7 atom stereocenters. The molecule has 1 fully saturated rings. The lowest BCUT2D eigenvalue weighted by molar-refractivity contribution is -0.137. The number of nitrogens with zero attached hydrogens (tertiary/aromatic N) is 4. The number of carbonyl (C=O) groups is 2. The first-order chi connectivity index (χ1) is 22.0. The van der Waals surface area contributed by atoms with Gasteiger partial charge in [0.15, 0.2) is 17.9 Å². The van der Waals surface area contributed by atoms with Crippen molar-refractivity contribution in [2.75, 3.05) is 44.0 Å². The number of aliphatic hydroxyl groups is 2. The molecule has 1 aromatic rings. The average molecular weight is 752 g/mol. The fourth-order valence-electron chi connectivity index (χ4n) is 4.08. The van der Waals surface area contributed by atoms with E-state index in [0.717, 1.165) is 11.2 Å². The maximum atomic E-state index is 12.6. The van der Waals surface area contributed by atoms with Crippen LogP contribution in [0.25, 0.3) is 0 Å². The molecule has 0 saturated carbocycles. The van der Waals surface area contributed by atoms with Crippen LogP contribution in [0.15, 0.2) is 11.3 Å². The van der Waals surface area contributed by atoms with E-state index in [1.165, 1.54) is 20.9 Å². The second kappa shape index (κ2) is 17.0. The van der Waals surface area contributed by atoms with E-state index in [1.54, 1.807) is 6.92 Å². The van der Waals surface area contributed by atoms with Gasteiger partial charge in [-0.05, 0) is 13.6 Å². The minimum atomic E-state index is -5.54. The molecule has 2 amide bonds. The Bertz CT molecular complexity index is 1450. The number of phosphoric acid groups is 3. The summed E-state index contributed by atoms with van der Waals surface area (Å²) in [5.41, 5.74) is 4.15. The summed E-state index contributed by atoms with van der Waals surface area (Å²) >= 11 is 0. The van der Waals surface area contributed by atoms with Gasteiger partial charge in [-0.1, -0.05) is 13.8 Å². The number of nitrogens with two attached hydrogens (primary N) is 1. The Kier molecular flexibility index (Phi) is 14.7. The molecule has 0 bridgehead atoms. The molecular formula is C22H40N7O16P3. The highest BCUT2D eigenvalue weighted by Crippen LogP contribution is 2.61. The minimum absolute atomic E-state index is 0.0392. The maximum absolute atomic E-state index is 12.6. The lowest BCUT2D eigenvalue weighted by Gasteiger charge is -2.30. The molecule has 274 valence electrons. The van der Waals surface area contributed by atoms with Crippen LogP contribution in [-0.2, 0) is 45.9 Å². The molecule has 23 nitrogen and oxygen atoms in total. The number of anilines is 2. The number of rotatable bonds is 19. The number of nitrogen functional groups attached to an aromatic ring is 1. The first-order valence-corrected chi connectivity index (χ1v) is 18.3. The maximum Gasteiger partial charge on any atom is 0.481 e. The van der Waals surface area contributed by atoms with Crippen molar-refractivity contribution in [2.24, 2.45) is 10.4 Å². The number of aromatic nitrogens is 2. The molecule has 48 heavy (non-hydrogen) atoms. The summed E-state index contributed by atoms with van der Waals surface area (Å²) < 4.78 is 60.6. The summed E-state index contributed by atoms with van der Waals surface area (Å²) in [6, 6.07) is 0. The number of hydrogen-bond acceptors (Lipinski definition) is 17. The van der Waals surface area contributed by atoms with Crippen molar-refractivity contribution < 1.29 is 75.7 Å². The molecule has 1 aliphatic heterocycles. The Morgan fingerprint density at radius 2 is 1.79 bits per heavy atom. The third-order valence-corrected chi connectivity index (χ3v) is 9.60. The van der Waals surface area contributed by atoms with Gasteiger partial charge < -0.3 is 55.8 Å². The molecule has 0 spiro atoms. The molecule has 1 saturated heterocycles. The van der Waals surface area contributed by atoms with E-state index in [9.17, 15) is 53.1 Å². The predicted molar refractivity (Wildman–Crippen MR) is 164 cm³/mol. The molecule has 10 N–H and O–H groups in total. The largest absolute Gasteiger partial charge is 0.481 e. The van der Waals surface area contributed by atoms with Gasteiger partial charge in [0.25, 0.3) is 0 Å². The van der Waals surface area contributed by atoms with Gasteiger partial charge in [-0.2, -0.15) is 4.31 Å². The number of hydrogen-bond donors (Lipinski definition) is 9. The van der Waals surface area contributed by atoms with E-state index >= 15 is 0 Å². The van der Waals surface area contributed by atoms with Gasteiger partial charge in [-0.15, -0.1) is 0 Å². The van der Waals surface area contributed by atoms with E-state index in [1.807, 2.05) is 0 Å². The zero-order valence-corrected chi connectivity index (χ0v) is 28.9. The van der Waals surface area contributed by atoms with Gasteiger partial charge in [0.2, 0.25) is 11.8 Å². The Labute approximate surface area is 274 Å². The highest BCUT2D eigenvalue weighted by molar-refractivity contribution is 7.61. The molecule has 1 aliphatic rings. The van der Waals surface area contributed by atoms with Crippen LogP contribution >= 0.6 is 23.5 Å². The van der Waals surface area contributed by atoms with Crippen LogP contribution < -0.4 is 21.3 Å². The number of aliphatic hydroxyl groups excluding tert-OH is 2. The summed E-state index contributed by atoms with van der Waals surface area (Å²) in [5, 5.41) is 26.1. The molecule has 0 aliphatic carbocycles. The van der Waals surface area contributed by atoms with Crippen molar-refractivity contribution in [3.05, 3.63) is 6.33 Å². The summed E-state index contributed by atoms with van der Waals surface area (Å²) in [6.07, 6.45) is -7.89. The van der Waals surface area contributed by atoms with Gasteiger partial charge in [0.05, 0.1) is 13.2 Å². The topological polar surface area (TPSA) is 344 Å². The Morgan fingerprint density at radius 1 is 1.17 bits per heavy atom. The fraction of sp³-hybridized carbons (Fsp3) is 0.682. The normalized spacial score (nSPS) is 23.0. The zero-order valence-electron chi connectivity index (χ0n) is 26.2. The number of phosphoric ester groups is 3. The first kappa shape index (κ1) is 41.7. The van der Waals surface area contributed by atoms with Crippen LogP contribution in [0, 0.1) is 5.41 Å². The number of amides is 2. The molecule has 2 rings (SSSR count). The first-order valence-electron chi connectivity index (χ1n) is 13.8. The second-order valence-electron chi connectivity index (χ2n) is 10.8. The van der Waals surface area contributed by atoms with E-state index in [-0.39, 0.29) is 36.2 Å². The Morgan fingerprint density at radius 3 is 2.38 bits per heavy atom. The monoisotopic (exact) mass is 751 g/mol. The molecule has 0 aromatic carbocycles. The van der Waals surface area contributed by atoms with E-state index in [0.29, 0.717) is 6.54 Å². The van der Waals surface area contributed by atoms with Crippen molar-refractivity contribution in [3.63, 3.8) is 0 Å². The van der Waals surface area contributed by atoms with Gasteiger partial charge in [0, 0.05) is 32.0 Å². The number of likely N-dealkylation sites (N-methyl/N-ethyl adjacent to an activating group) is 1. The number of aliphatic imine (C=N–C) groups is 1. The minimum Gasteiger partial charge on any atom is -0.386 e. The van der Waals surface area contributed by atoms with Crippen LogP contribution in [0.5, 0.6) is 0 Å². The smallest absolute Gasteiger partial charge is 0.386 e. The van der Waals surface area contributed by atoms with Crippen molar-refractivity contribution in [1.82, 2.24) is 20.6 Å². The third kappa shape index (κ3) is 12.1. The summed E-state index contributed by atoms with van der Waals surface area (Å²) in [4.78, 5) is 75.3. The zero-order chi connectivity index (χ0) is 36.7. The fourth-order valence-corrected chi connectivity index (χ4v) is 6.91. The Balaban J connectivity index is 2.07. The predicted octanol–water partition coefficient (Wildman–Crippen LogP) is -1.33. The van der Waals surface area contributed by atoms with Crippen molar-refractivity contribution in [3.8, 4) is 0 Å². The molecule has 26 heteroatoms. The van der Waals surface area contributed by atoms with Crippen LogP contribution in [0.1, 0.15) is 27.2 Å². The molecule has 1 aromatic heterocycles. The van der Waals surface area contributed by atoms with E-state index in [2.05, 4.69) is 41.1 Å². The molecule has 7 unspecified atom stereocenters. The van der Waals surface area contributed by atoms with Crippen LogP contribution in [0.4, 0.5) is 17.3 Å². The standard InChI is InChI=1S/C22H40N7O16P3/c1-6-25-13(30)7-8-26-20(33)17(32)22(2,3)10-42-48(39,40)45-47(37,38)41-9-12-16(44-46(34,35)36)15(31)21(43-12)29(5)19-14(24-4)18(23)27-11-28-19/h11-12,15-17,21,31-32H,4,6-10H2,1-3,5H3,(H,25,30)(H,26,33)(H,37,38)(H,39,40)(H2,23,27,28)(H2,34,35,36). The lowest BCUT2D eigenvalue weighted by atomic mass is 9.87. The van der Waals surface area contributed by atoms with E-state index in [4.69, 9.17) is 19.5 Å². The van der Waals surface area contributed by atoms with Gasteiger partial charge in [-0.3, -0.25) is 28.2 Å². The van der Waals surface area contributed by atoms with Crippen molar-refractivity contribution in [1.29, 1.82) is 0 Å². The van der Waals surface area contributed by atoms with Crippen molar-refractivity contribution >= 4 is 59.3 Å². The molecular weight excluding hydrogens is 711 g/mol. The number of carbonyl (C=O) groups excluding carboxylic acids is 2. The van der Waals surface area contributed by atoms with Gasteiger partial charge >= 0.3 is 23.5 Å². The summed E-state index contributed by atoms with van der Waals surface area (Å²) in [6.45, 7) is 5.86. The second-order valence-corrected chi connectivity index (χ2v) is 15.0. The highest BCUT2D eigenvalue weighted by Gasteiger charge is 2.51. The van der Waals surface area contributed by atoms with Crippen molar-refractivity contribution in [2.45, 2.75) is 57.8 Å². The summed E-state index contributed by atoms with van der Waals surface area (Å²) in [7, 11) is -15.0. The summed E-state index contributed by atoms with van der Waals surface area (Å²) in [5.74, 6) is -1.44. The van der Waals surface area contributed by atoms with Crippen LogP contribution in [0.3, 0.4) is 0 Å². The molecule has 2 heterocycles. The van der Waals surface area contributed by atoms with Crippen LogP contribution in [-0.4, -0.2) is 122 Å². The molecule has 0 radical (unpaired) electrons. The quantitative estimate of drug-likeness (QED) is 0.0584. The van der Waals surface area contributed by atoms with E-state index < -0.39 is 78.6 Å².